The fourth-order valence-electron chi connectivity index (χ4n) is 3.28. The Morgan fingerprint density at radius 3 is 2.92 bits per heavy atom. The molecule has 1 N–H and O–H groups in total. The molecule has 3 heterocycles. The van der Waals surface area contributed by atoms with Gasteiger partial charge in [0.1, 0.15) is 11.4 Å². The Bertz CT molecular complexity index is 764. The van der Waals surface area contributed by atoms with Crippen LogP contribution < -0.4 is 5.32 Å². The van der Waals surface area contributed by atoms with Crippen LogP contribution in [-0.4, -0.2) is 28.4 Å². The van der Waals surface area contributed by atoms with Crippen LogP contribution in [-0.2, 0) is 9.59 Å². The highest BCUT2D eigenvalue weighted by atomic mass is 32.1. The predicted octanol–water partition coefficient (Wildman–Crippen LogP) is 3.22. The molecule has 4 rings (SSSR count). The van der Waals surface area contributed by atoms with Crippen molar-refractivity contribution in [2.75, 3.05) is 11.9 Å². The minimum absolute atomic E-state index is 0.000902. The fraction of sp³-hybridized carbons (Fsp3) is 0.471. The van der Waals surface area contributed by atoms with Crippen molar-refractivity contribution in [1.82, 2.24) is 10.1 Å². The van der Waals surface area contributed by atoms with Crippen molar-refractivity contribution < 1.29 is 14.1 Å². The van der Waals surface area contributed by atoms with Crippen molar-refractivity contribution in [2.45, 2.75) is 44.6 Å². The summed E-state index contributed by atoms with van der Waals surface area (Å²) < 4.78 is 5.32. The van der Waals surface area contributed by atoms with E-state index in [1.165, 1.54) is 0 Å². The van der Waals surface area contributed by atoms with Crippen molar-refractivity contribution in [2.24, 2.45) is 0 Å². The molecule has 1 saturated heterocycles. The molecule has 2 aromatic heterocycles. The first kappa shape index (κ1) is 15.4. The molecule has 24 heavy (non-hydrogen) atoms. The summed E-state index contributed by atoms with van der Waals surface area (Å²) in [5, 5.41) is 10.7. The third-order valence-corrected chi connectivity index (χ3v) is 5.41. The molecule has 0 spiro atoms. The Balaban J connectivity index is 1.50. The standard InChI is InChI=1S/C17H19N3O3S/c1-10-14(15(23-19-10)11-4-5-11)18-16(21)17(22)20-7-2-3-13(20)12-6-8-24-9-12/h6,8-9,11,13H,2-5,7H2,1H3,(H,18,21)/t13-/m0/s1. The lowest BCUT2D eigenvalue weighted by Crippen LogP contribution is -2.39. The molecule has 0 bridgehead atoms. The lowest BCUT2D eigenvalue weighted by atomic mass is 10.1. The molecule has 7 heteroatoms. The average molecular weight is 345 g/mol. The van der Waals surface area contributed by atoms with E-state index in [1.807, 2.05) is 16.8 Å². The summed E-state index contributed by atoms with van der Waals surface area (Å²) in [7, 11) is 0. The zero-order valence-corrected chi connectivity index (χ0v) is 14.3. The van der Waals surface area contributed by atoms with Gasteiger partial charge in [-0.25, -0.2) is 0 Å². The Labute approximate surface area is 143 Å². The van der Waals surface area contributed by atoms with Crippen molar-refractivity contribution in [3.8, 4) is 0 Å². The summed E-state index contributed by atoms with van der Waals surface area (Å²) in [6, 6.07) is 2.02. The molecular formula is C17H19N3O3S. The van der Waals surface area contributed by atoms with Gasteiger partial charge in [-0.2, -0.15) is 11.3 Å². The van der Waals surface area contributed by atoms with Gasteiger partial charge in [0.15, 0.2) is 5.76 Å². The smallest absolute Gasteiger partial charge is 0.314 e. The molecule has 0 radical (unpaired) electrons. The highest BCUT2D eigenvalue weighted by Crippen LogP contribution is 2.44. The lowest BCUT2D eigenvalue weighted by Gasteiger charge is -2.23. The maximum Gasteiger partial charge on any atom is 0.314 e. The molecule has 1 aliphatic carbocycles. The topological polar surface area (TPSA) is 75.4 Å². The van der Waals surface area contributed by atoms with Crippen LogP contribution in [0.5, 0.6) is 0 Å². The van der Waals surface area contributed by atoms with Crippen LogP contribution in [0.4, 0.5) is 5.69 Å². The molecule has 1 saturated carbocycles. The lowest BCUT2D eigenvalue weighted by molar-refractivity contribution is -0.143. The highest BCUT2D eigenvalue weighted by molar-refractivity contribution is 7.08. The number of nitrogens with zero attached hydrogens (tertiary/aromatic N) is 2. The van der Waals surface area contributed by atoms with E-state index in [-0.39, 0.29) is 6.04 Å². The van der Waals surface area contributed by atoms with Crippen LogP contribution in [0.2, 0.25) is 0 Å². The summed E-state index contributed by atoms with van der Waals surface area (Å²) in [6.07, 6.45) is 3.89. The van der Waals surface area contributed by atoms with E-state index in [0.717, 1.165) is 31.2 Å². The van der Waals surface area contributed by atoms with Gasteiger partial charge in [0.2, 0.25) is 0 Å². The number of rotatable bonds is 3. The van der Waals surface area contributed by atoms with E-state index >= 15 is 0 Å². The number of thiophene rings is 1. The minimum Gasteiger partial charge on any atom is -0.359 e. The largest absolute Gasteiger partial charge is 0.359 e. The maximum atomic E-state index is 12.7. The molecule has 2 aliphatic rings. The van der Waals surface area contributed by atoms with Gasteiger partial charge in [-0.1, -0.05) is 5.16 Å². The first-order chi connectivity index (χ1) is 11.6. The number of hydrogen-bond donors (Lipinski definition) is 1. The van der Waals surface area contributed by atoms with Gasteiger partial charge >= 0.3 is 11.8 Å². The molecule has 2 fully saturated rings. The van der Waals surface area contributed by atoms with Crippen LogP contribution in [0.3, 0.4) is 0 Å². The number of carbonyl (C=O) groups excluding carboxylic acids is 2. The number of aromatic nitrogens is 1. The van der Waals surface area contributed by atoms with E-state index in [1.54, 1.807) is 23.2 Å². The Hall–Kier alpha value is -2.15. The zero-order valence-electron chi connectivity index (χ0n) is 13.4. The number of carbonyl (C=O) groups is 2. The van der Waals surface area contributed by atoms with Gasteiger partial charge in [-0.05, 0) is 55.0 Å². The first-order valence-electron chi connectivity index (χ1n) is 8.25. The summed E-state index contributed by atoms with van der Waals surface area (Å²) >= 11 is 1.61. The zero-order chi connectivity index (χ0) is 16.7. The second-order valence-corrected chi connectivity index (χ2v) is 7.23. The number of aryl methyl sites for hydroxylation is 1. The van der Waals surface area contributed by atoms with Crippen LogP contribution in [0.15, 0.2) is 21.3 Å². The van der Waals surface area contributed by atoms with Crippen molar-refractivity contribution in [3.05, 3.63) is 33.8 Å². The Morgan fingerprint density at radius 2 is 2.21 bits per heavy atom. The summed E-state index contributed by atoms with van der Waals surface area (Å²) in [5.41, 5.74) is 2.30. The number of likely N-dealkylation sites (tertiary alicyclic amines) is 1. The number of amides is 2. The Kier molecular flexibility index (Phi) is 3.88. The van der Waals surface area contributed by atoms with Crippen molar-refractivity contribution >= 4 is 28.8 Å². The third-order valence-electron chi connectivity index (χ3n) is 4.71. The average Bonchev–Trinajstić information content (AvgIpc) is 3.00. The second-order valence-electron chi connectivity index (χ2n) is 6.45. The van der Waals surface area contributed by atoms with Gasteiger partial charge in [-0.15, -0.1) is 0 Å². The minimum atomic E-state index is -0.606. The van der Waals surface area contributed by atoms with Crippen LogP contribution in [0.1, 0.15) is 54.7 Å². The molecule has 0 unspecified atom stereocenters. The monoisotopic (exact) mass is 345 g/mol. The quantitative estimate of drug-likeness (QED) is 0.867. The normalized spacial score (nSPS) is 20.4. The van der Waals surface area contributed by atoms with Crippen molar-refractivity contribution in [3.63, 3.8) is 0 Å². The summed E-state index contributed by atoms with van der Waals surface area (Å²) in [4.78, 5) is 26.8. The molecule has 1 aliphatic heterocycles. The fourth-order valence-corrected chi connectivity index (χ4v) is 3.99. The molecule has 126 valence electrons. The van der Waals surface area contributed by atoms with Crippen molar-refractivity contribution in [1.29, 1.82) is 0 Å². The van der Waals surface area contributed by atoms with Crippen LogP contribution >= 0.6 is 11.3 Å². The maximum absolute atomic E-state index is 12.7. The predicted molar refractivity (Wildman–Crippen MR) is 89.9 cm³/mol. The van der Waals surface area contributed by atoms with Gasteiger partial charge in [0.25, 0.3) is 0 Å². The number of hydrogen-bond acceptors (Lipinski definition) is 5. The summed E-state index contributed by atoms with van der Waals surface area (Å²) in [5.74, 6) is -0.0669. The number of anilines is 1. The molecule has 0 aromatic carbocycles. The SMILES string of the molecule is Cc1noc(C2CC2)c1NC(=O)C(=O)N1CCC[C@H]1c1ccsc1. The van der Waals surface area contributed by atoms with Gasteiger partial charge < -0.3 is 14.7 Å². The van der Waals surface area contributed by atoms with E-state index in [2.05, 4.69) is 10.5 Å². The van der Waals surface area contributed by atoms with Gasteiger partial charge in [0, 0.05) is 12.5 Å². The van der Waals surface area contributed by atoms with Gasteiger partial charge in [0.05, 0.1) is 6.04 Å². The van der Waals surface area contributed by atoms with E-state index in [4.69, 9.17) is 4.52 Å². The molecule has 6 nitrogen and oxygen atoms in total. The Morgan fingerprint density at radius 1 is 1.38 bits per heavy atom. The number of nitrogens with one attached hydrogen (secondary N) is 1. The molecular weight excluding hydrogens is 326 g/mol. The van der Waals surface area contributed by atoms with E-state index in [9.17, 15) is 9.59 Å². The summed E-state index contributed by atoms with van der Waals surface area (Å²) in [6.45, 7) is 2.39. The molecule has 2 aromatic rings. The van der Waals surface area contributed by atoms with Gasteiger partial charge in [-0.3, -0.25) is 9.59 Å². The first-order valence-corrected chi connectivity index (χ1v) is 9.19. The highest BCUT2D eigenvalue weighted by Gasteiger charge is 2.36. The van der Waals surface area contributed by atoms with E-state index < -0.39 is 11.8 Å². The van der Waals surface area contributed by atoms with Crippen LogP contribution in [0.25, 0.3) is 0 Å². The van der Waals surface area contributed by atoms with Crippen LogP contribution in [0, 0.1) is 6.92 Å². The third kappa shape index (κ3) is 2.73. The molecule has 2 amide bonds. The molecule has 1 atom stereocenters. The van der Waals surface area contributed by atoms with E-state index in [0.29, 0.717) is 29.6 Å². The second kappa shape index (κ2) is 6.05.